The molecule has 2 aromatic heterocycles. The number of rotatable bonds is 4. The fourth-order valence-electron chi connectivity index (χ4n) is 2.25. The van der Waals surface area contributed by atoms with Crippen LogP contribution in [0.3, 0.4) is 0 Å². The number of morpholine rings is 1. The largest absolute Gasteiger partial charge is 0.467 e. The normalized spacial score (nSPS) is 19.6. The predicted octanol–water partition coefficient (Wildman–Crippen LogP) is 2.25. The lowest BCUT2D eigenvalue weighted by atomic mass is 10.2. The lowest BCUT2D eigenvalue weighted by Crippen LogP contribution is -2.46. The van der Waals surface area contributed by atoms with Gasteiger partial charge in [0.1, 0.15) is 5.01 Å². The third-order valence-electron chi connectivity index (χ3n) is 3.32. The van der Waals surface area contributed by atoms with Crippen molar-refractivity contribution in [2.45, 2.75) is 12.6 Å². The number of nitrogens with zero attached hydrogens (tertiary/aromatic N) is 2. The number of hydrogen-bond donors (Lipinski definition) is 0. The van der Waals surface area contributed by atoms with Crippen LogP contribution in [-0.4, -0.2) is 48.8 Å². The fourth-order valence-corrected chi connectivity index (χ4v) is 3.77. The SMILES string of the molecule is COC(=O)C1CN(Cc2csc(-c3ccsc3)n2)CCO1. The molecule has 1 aliphatic rings. The van der Waals surface area contributed by atoms with Gasteiger partial charge in [-0.15, -0.1) is 11.3 Å². The summed E-state index contributed by atoms with van der Waals surface area (Å²) in [5, 5.41) is 7.28. The summed E-state index contributed by atoms with van der Waals surface area (Å²) in [7, 11) is 1.39. The van der Waals surface area contributed by atoms with E-state index in [2.05, 4.69) is 32.1 Å². The first-order valence-corrected chi connectivity index (χ1v) is 8.47. The van der Waals surface area contributed by atoms with Gasteiger partial charge in [-0.1, -0.05) is 0 Å². The number of methoxy groups -OCH3 is 1. The van der Waals surface area contributed by atoms with Crippen LogP contribution in [0.5, 0.6) is 0 Å². The van der Waals surface area contributed by atoms with E-state index in [4.69, 9.17) is 9.47 Å². The zero-order chi connectivity index (χ0) is 14.7. The second kappa shape index (κ2) is 6.65. The van der Waals surface area contributed by atoms with Crippen molar-refractivity contribution in [3.8, 4) is 10.6 Å². The Morgan fingerprint density at radius 2 is 2.48 bits per heavy atom. The second-order valence-corrected chi connectivity index (χ2v) is 6.41. The van der Waals surface area contributed by atoms with Gasteiger partial charge in [-0.2, -0.15) is 11.3 Å². The molecule has 3 rings (SSSR count). The highest BCUT2D eigenvalue weighted by atomic mass is 32.1. The number of carbonyl (C=O) groups is 1. The van der Waals surface area contributed by atoms with Gasteiger partial charge in [-0.3, -0.25) is 4.90 Å². The molecule has 1 saturated heterocycles. The second-order valence-electron chi connectivity index (χ2n) is 4.77. The van der Waals surface area contributed by atoms with E-state index in [0.717, 1.165) is 23.8 Å². The topological polar surface area (TPSA) is 51.7 Å². The zero-order valence-electron chi connectivity index (χ0n) is 11.7. The molecule has 1 atom stereocenters. The Kier molecular flexibility index (Phi) is 4.64. The fraction of sp³-hybridized carbons (Fsp3) is 0.429. The summed E-state index contributed by atoms with van der Waals surface area (Å²) in [5.41, 5.74) is 2.21. The molecular weight excluding hydrogens is 308 g/mol. The quantitative estimate of drug-likeness (QED) is 0.808. The minimum absolute atomic E-state index is 0.308. The van der Waals surface area contributed by atoms with Crippen molar-refractivity contribution in [1.82, 2.24) is 9.88 Å². The number of thiazole rings is 1. The number of ether oxygens (including phenoxy) is 2. The molecule has 0 amide bonds. The molecule has 112 valence electrons. The van der Waals surface area contributed by atoms with Crippen LogP contribution in [-0.2, 0) is 20.8 Å². The van der Waals surface area contributed by atoms with Crippen molar-refractivity contribution < 1.29 is 14.3 Å². The van der Waals surface area contributed by atoms with Crippen LogP contribution in [0.2, 0.25) is 0 Å². The van der Waals surface area contributed by atoms with Crippen molar-refractivity contribution in [3.05, 3.63) is 27.9 Å². The molecule has 5 nitrogen and oxygen atoms in total. The van der Waals surface area contributed by atoms with Crippen molar-refractivity contribution in [2.24, 2.45) is 0 Å². The van der Waals surface area contributed by atoms with Crippen LogP contribution in [0, 0.1) is 0 Å². The number of thiophene rings is 1. The number of hydrogen-bond acceptors (Lipinski definition) is 7. The van der Waals surface area contributed by atoms with Gasteiger partial charge in [0.15, 0.2) is 6.10 Å². The molecule has 0 saturated carbocycles. The third-order valence-corrected chi connectivity index (χ3v) is 4.94. The third kappa shape index (κ3) is 3.49. The summed E-state index contributed by atoms with van der Waals surface area (Å²) in [6.07, 6.45) is -0.487. The predicted molar refractivity (Wildman–Crippen MR) is 82.5 cm³/mol. The molecule has 0 spiro atoms. The van der Waals surface area contributed by atoms with E-state index in [9.17, 15) is 4.79 Å². The summed E-state index contributed by atoms with van der Waals surface area (Å²) >= 11 is 3.33. The van der Waals surface area contributed by atoms with Gasteiger partial charge in [0.2, 0.25) is 0 Å². The summed E-state index contributed by atoms with van der Waals surface area (Å²) in [6, 6.07) is 2.08. The molecular formula is C14H16N2O3S2. The molecule has 3 heterocycles. The maximum absolute atomic E-state index is 11.5. The van der Waals surface area contributed by atoms with E-state index < -0.39 is 6.10 Å². The first kappa shape index (κ1) is 14.6. The highest BCUT2D eigenvalue weighted by Crippen LogP contribution is 2.26. The van der Waals surface area contributed by atoms with Crippen LogP contribution in [0.15, 0.2) is 22.2 Å². The molecule has 0 radical (unpaired) electrons. The molecule has 2 aromatic rings. The van der Waals surface area contributed by atoms with E-state index in [1.165, 1.54) is 12.7 Å². The van der Waals surface area contributed by atoms with Gasteiger partial charge in [0.05, 0.1) is 19.4 Å². The van der Waals surface area contributed by atoms with E-state index >= 15 is 0 Å². The Bertz CT molecular complexity index is 597. The van der Waals surface area contributed by atoms with Gasteiger partial charge in [-0.05, 0) is 11.4 Å². The minimum Gasteiger partial charge on any atom is -0.467 e. The van der Waals surface area contributed by atoms with Gasteiger partial charge >= 0.3 is 5.97 Å². The van der Waals surface area contributed by atoms with Gasteiger partial charge in [-0.25, -0.2) is 9.78 Å². The van der Waals surface area contributed by atoms with E-state index in [0.29, 0.717) is 13.2 Å². The standard InChI is InChI=1S/C14H16N2O3S2/c1-18-14(17)12-7-16(3-4-19-12)6-11-9-21-13(15-11)10-2-5-20-8-10/h2,5,8-9,12H,3-4,6-7H2,1H3. The summed E-state index contributed by atoms with van der Waals surface area (Å²) in [6.45, 7) is 2.63. The molecule has 0 aromatic carbocycles. The van der Waals surface area contributed by atoms with Crippen LogP contribution in [0.4, 0.5) is 0 Å². The molecule has 7 heteroatoms. The maximum atomic E-state index is 11.5. The first-order chi connectivity index (χ1) is 10.3. The van der Waals surface area contributed by atoms with Crippen LogP contribution >= 0.6 is 22.7 Å². The highest BCUT2D eigenvalue weighted by Gasteiger charge is 2.27. The van der Waals surface area contributed by atoms with Crippen molar-refractivity contribution >= 4 is 28.6 Å². The number of esters is 1. The Hall–Kier alpha value is -1.28. The molecule has 21 heavy (non-hydrogen) atoms. The molecule has 1 fully saturated rings. The Labute approximate surface area is 131 Å². The Morgan fingerprint density at radius 3 is 3.24 bits per heavy atom. The lowest BCUT2D eigenvalue weighted by molar-refractivity contribution is -0.160. The number of aromatic nitrogens is 1. The van der Waals surface area contributed by atoms with E-state index in [1.54, 1.807) is 22.7 Å². The molecule has 1 aliphatic heterocycles. The van der Waals surface area contributed by atoms with Crippen LogP contribution in [0.1, 0.15) is 5.69 Å². The average Bonchev–Trinajstić information content (AvgIpc) is 3.17. The summed E-state index contributed by atoms with van der Waals surface area (Å²) < 4.78 is 10.2. The molecule has 0 bridgehead atoms. The zero-order valence-corrected chi connectivity index (χ0v) is 13.3. The maximum Gasteiger partial charge on any atom is 0.336 e. The molecule has 1 unspecified atom stereocenters. The smallest absolute Gasteiger partial charge is 0.336 e. The van der Waals surface area contributed by atoms with Crippen LogP contribution < -0.4 is 0 Å². The highest BCUT2D eigenvalue weighted by molar-refractivity contribution is 7.14. The van der Waals surface area contributed by atoms with Crippen molar-refractivity contribution in [2.75, 3.05) is 26.8 Å². The summed E-state index contributed by atoms with van der Waals surface area (Å²) in [5.74, 6) is -0.308. The number of carbonyl (C=O) groups excluding carboxylic acids is 1. The molecule has 0 N–H and O–H groups in total. The minimum atomic E-state index is -0.487. The van der Waals surface area contributed by atoms with E-state index in [-0.39, 0.29) is 5.97 Å². The van der Waals surface area contributed by atoms with E-state index in [1.807, 2.05) is 0 Å². The Balaban J connectivity index is 1.62. The average molecular weight is 324 g/mol. The van der Waals surface area contributed by atoms with Gasteiger partial charge < -0.3 is 9.47 Å². The Morgan fingerprint density at radius 1 is 1.57 bits per heavy atom. The first-order valence-electron chi connectivity index (χ1n) is 6.65. The van der Waals surface area contributed by atoms with Crippen molar-refractivity contribution in [3.63, 3.8) is 0 Å². The lowest BCUT2D eigenvalue weighted by Gasteiger charge is -2.30. The monoisotopic (exact) mass is 324 g/mol. The van der Waals surface area contributed by atoms with Crippen LogP contribution in [0.25, 0.3) is 10.6 Å². The van der Waals surface area contributed by atoms with Crippen molar-refractivity contribution in [1.29, 1.82) is 0 Å². The van der Waals surface area contributed by atoms with Gasteiger partial charge in [0.25, 0.3) is 0 Å². The van der Waals surface area contributed by atoms with Gasteiger partial charge in [0, 0.05) is 36.0 Å². The summed E-state index contributed by atoms with van der Waals surface area (Å²) in [4.78, 5) is 18.4. The molecule has 0 aliphatic carbocycles.